The average molecular weight is 418 g/mol. The lowest BCUT2D eigenvalue weighted by molar-refractivity contribution is -0.580. The summed E-state index contributed by atoms with van der Waals surface area (Å²) in [5, 5.41) is 67.2. The maximum absolute atomic E-state index is 11.9. The highest BCUT2D eigenvalue weighted by molar-refractivity contribution is 5.61. The first kappa shape index (κ1) is 21.4. The van der Waals surface area contributed by atoms with Crippen LogP contribution >= 0.6 is 0 Å². The van der Waals surface area contributed by atoms with Crippen LogP contribution in [0.1, 0.15) is 11.1 Å². The molecule has 0 aliphatic heterocycles. The van der Waals surface area contributed by atoms with Crippen LogP contribution in [-0.4, -0.2) is 80.5 Å². The third-order valence-electron chi connectivity index (χ3n) is 7.16. The van der Waals surface area contributed by atoms with Crippen molar-refractivity contribution in [3.05, 3.63) is 71.8 Å². The number of ether oxygens (including phenoxy) is 2. The van der Waals surface area contributed by atoms with E-state index in [9.17, 15) is 30.6 Å². The van der Waals surface area contributed by atoms with Crippen molar-refractivity contribution in [3.8, 4) is 0 Å². The van der Waals surface area contributed by atoms with Gasteiger partial charge in [0.2, 0.25) is 0 Å². The standard InChI is InChI=1S/C22H26O8/c1-29-18(14-9-5-3-6-10-14)17(25)20(27)21(30-2,15-11-7-4-8-12-15)19(26,16(24)13-23)22(18,20)28/h3-12,16-17,23-28H,13H2,1-2H3/t16-,17?,18?,19+,20-,21?,22+/m1/s1. The van der Waals surface area contributed by atoms with Crippen molar-refractivity contribution in [2.24, 2.45) is 0 Å². The quantitative estimate of drug-likeness (QED) is 0.351. The van der Waals surface area contributed by atoms with E-state index in [1.54, 1.807) is 48.5 Å². The van der Waals surface area contributed by atoms with E-state index >= 15 is 0 Å². The number of benzene rings is 2. The first-order valence-electron chi connectivity index (χ1n) is 9.57. The third-order valence-corrected chi connectivity index (χ3v) is 7.16. The van der Waals surface area contributed by atoms with Gasteiger partial charge in [0, 0.05) is 14.2 Å². The molecule has 162 valence electrons. The molecule has 30 heavy (non-hydrogen) atoms. The Bertz CT molecular complexity index is 923. The van der Waals surface area contributed by atoms with E-state index < -0.39 is 46.8 Å². The molecular formula is C22H26O8. The van der Waals surface area contributed by atoms with Gasteiger partial charge < -0.3 is 40.1 Å². The first-order valence-corrected chi connectivity index (χ1v) is 9.57. The van der Waals surface area contributed by atoms with Crippen molar-refractivity contribution in [2.45, 2.75) is 40.2 Å². The van der Waals surface area contributed by atoms with Gasteiger partial charge in [0.15, 0.2) is 28.0 Å². The lowest BCUT2D eigenvalue weighted by atomic mass is 9.26. The van der Waals surface area contributed by atoms with E-state index in [2.05, 4.69) is 0 Å². The Morgan fingerprint density at radius 1 is 0.867 bits per heavy atom. The Labute approximate surface area is 173 Å². The van der Waals surface area contributed by atoms with Crippen LogP contribution in [0.15, 0.2) is 60.7 Å². The summed E-state index contributed by atoms with van der Waals surface area (Å²) >= 11 is 0. The predicted molar refractivity (Wildman–Crippen MR) is 104 cm³/mol. The molecule has 2 aromatic rings. The van der Waals surface area contributed by atoms with Gasteiger partial charge in [-0.2, -0.15) is 0 Å². The van der Waals surface area contributed by atoms with Gasteiger partial charge in [-0.25, -0.2) is 0 Å². The molecule has 4 rings (SSSR count). The predicted octanol–water partition coefficient (Wildman–Crippen LogP) is -0.995. The molecule has 8 nitrogen and oxygen atoms in total. The Morgan fingerprint density at radius 2 is 1.37 bits per heavy atom. The van der Waals surface area contributed by atoms with Crippen molar-refractivity contribution < 1.29 is 40.1 Å². The molecule has 6 N–H and O–H groups in total. The minimum Gasteiger partial charge on any atom is -0.394 e. The zero-order valence-corrected chi connectivity index (χ0v) is 16.6. The lowest BCUT2D eigenvalue weighted by Gasteiger charge is -2.86. The van der Waals surface area contributed by atoms with Crippen LogP contribution in [-0.2, 0) is 20.7 Å². The Kier molecular flexibility index (Phi) is 4.67. The van der Waals surface area contributed by atoms with Gasteiger partial charge in [0.05, 0.1) is 6.61 Å². The fraction of sp³-hybridized carbons (Fsp3) is 0.455. The highest BCUT2D eigenvalue weighted by atomic mass is 16.6. The summed E-state index contributed by atoms with van der Waals surface area (Å²) < 4.78 is 11.2. The van der Waals surface area contributed by atoms with Crippen LogP contribution < -0.4 is 0 Å². The van der Waals surface area contributed by atoms with E-state index in [1.165, 1.54) is 26.4 Å². The van der Waals surface area contributed by atoms with Gasteiger partial charge in [0.25, 0.3) is 0 Å². The van der Waals surface area contributed by atoms with Crippen LogP contribution in [0.5, 0.6) is 0 Å². The van der Waals surface area contributed by atoms with E-state index in [4.69, 9.17) is 9.47 Å². The van der Waals surface area contributed by atoms with E-state index in [-0.39, 0.29) is 11.1 Å². The maximum atomic E-state index is 11.9. The zero-order valence-electron chi connectivity index (χ0n) is 16.6. The normalized spacial score (nSPS) is 43.3. The number of aliphatic hydroxyl groups is 6. The van der Waals surface area contributed by atoms with Crippen molar-refractivity contribution in [1.82, 2.24) is 0 Å². The van der Waals surface area contributed by atoms with Crippen LogP contribution in [0.3, 0.4) is 0 Å². The molecule has 2 saturated carbocycles. The van der Waals surface area contributed by atoms with Gasteiger partial charge in [-0.3, -0.25) is 0 Å². The number of methoxy groups -OCH3 is 2. The second-order valence-corrected chi connectivity index (χ2v) is 7.90. The molecule has 0 amide bonds. The number of hydrogen-bond donors (Lipinski definition) is 6. The molecule has 0 aromatic heterocycles. The van der Waals surface area contributed by atoms with Crippen molar-refractivity contribution in [1.29, 1.82) is 0 Å². The molecule has 0 bridgehead atoms. The molecule has 2 aromatic carbocycles. The zero-order chi connectivity index (χ0) is 22.0. The summed E-state index contributed by atoms with van der Waals surface area (Å²) in [6, 6.07) is 16.1. The van der Waals surface area contributed by atoms with Crippen LogP contribution in [0.25, 0.3) is 0 Å². The molecule has 0 saturated heterocycles. The Balaban J connectivity index is 2.04. The topological polar surface area (TPSA) is 140 Å². The van der Waals surface area contributed by atoms with Crippen LogP contribution in [0, 0.1) is 0 Å². The second kappa shape index (κ2) is 6.56. The fourth-order valence-corrected chi connectivity index (χ4v) is 5.98. The third kappa shape index (κ3) is 1.75. The van der Waals surface area contributed by atoms with Gasteiger partial charge in [-0.05, 0) is 11.1 Å². The van der Waals surface area contributed by atoms with Gasteiger partial charge in [0.1, 0.15) is 12.2 Å². The lowest BCUT2D eigenvalue weighted by Crippen LogP contribution is -3.11. The molecule has 7 atom stereocenters. The first-order chi connectivity index (χ1) is 14.2. The molecule has 2 aliphatic rings. The monoisotopic (exact) mass is 418 g/mol. The van der Waals surface area contributed by atoms with Crippen molar-refractivity contribution in [3.63, 3.8) is 0 Å². The molecule has 2 aliphatic carbocycles. The number of hydrogen-bond acceptors (Lipinski definition) is 8. The largest absolute Gasteiger partial charge is 0.394 e. The summed E-state index contributed by atoms with van der Waals surface area (Å²) in [6.07, 6.45) is -3.71. The fourth-order valence-electron chi connectivity index (χ4n) is 5.98. The Morgan fingerprint density at radius 3 is 1.80 bits per heavy atom. The molecule has 0 spiro atoms. The number of fused-ring (bicyclic) bond motifs is 1. The molecule has 8 heteroatoms. The van der Waals surface area contributed by atoms with E-state index in [0.29, 0.717) is 0 Å². The van der Waals surface area contributed by atoms with E-state index in [0.717, 1.165) is 0 Å². The minimum atomic E-state index is -2.66. The summed E-state index contributed by atoms with van der Waals surface area (Å²) in [5.74, 6) is 0. The average Bonchev–Trinajstić information content (AvgIpc) is 2.80. The summed E-state index contributed by atoms with van der Waals surface area (Å²) in [4.78, 5) is 0. The van der Waals surface area contributed by atoms with Crippen LogP contribution in [0.2, 0.25) is 0 Å². The minimum absolute atomic E-state index is 0.200. The molecule has 0 heterocycles. The molecule has 3 unspecified atom stereocenters. The van der Waals surface area contributed by atoms with Gasteiger partial charge in [-0.1, -0.05) is 60.7 Å². The van der Waals surface area contributed by atoms with Crippen molar-refractivity contribution >= 4 is 0 Å². The SMILES string of the molecule is COC1(c2ccccc2)C(O)[C@@]2(O)C(OC)(c3ccccc3)[C@@](O)([C@H](O)CO)[C@@]12O. The Hall–Kier alpha value is -1.88. The summed E-state index contributed by atoms with van der Waals surface area (Å²) in [7, 11) is 2.40. The molecular weight excluding hydrogens is 392 g/mol. The smallest absolute Gasteiger partial charge is 0.169 e. The maximum Gasteiger partial charge on any atom is 0.169 e. The highest BCUT2D eigenvalue weighted by Gasteiger charge is 3.05. The number of aliphatic hydroxyl groups excluding tert-OH is 3. The van der Waals surface area contributed by atoms with Crippen molar-refractivity contribution in [2.75, 3.05) is 20.8 Å². The molecule has 2 fully saturated rings. The second-order valence-electron chi connectivity index (χ2n) is 7.90. The van der Waals surface area contributed by atoms with Gasteiger partial charge in [-0.15, -0.1) is 0 Å². The summed E-state index contributed by atoms with van der Waals surface area (Å²) in [6.45, 7) is -0.947. The summed E-state index contributed by atoms with van der Waals surface area (Å²) in [5.41, 5.74) is -11.5. The van der Waals surface area contributed by atoms with Gasteiger partial charge >= 0.3 is 0 Å². The molecule has 0 radical (unpaired) electrons. The van der Waals surface area contributed by atoms with Crippen LogP contribution in [0.4, 0.5) is 0 Å². The highest BCUT2D eigenvalue weighted by Crippen LogP contribution is 2.80. The van der Waals surface area contributed by atoms with E-state index in [1.807, 2.05) is 0 Å². The number of rotatable bonds is 6.